The summed E-state index contributed by atoms with van der Waals surface area (Å²) in [5.74, 6) is -1.15. The third kappa shape index (κ3) is 4.00. The van der Waals surface area contributed by atoms with E-state index < -0.39 is 5.97 Å². The van der Waals surface area contributed by atoms with Gasteiger partial charge in [0.05, 0.1) is 6.42 Å². The number of aliphatic carboxylic acids is 1. The largest absolute Gasteiger partial charge is 0.481 e. The van der Waals surface area contributed by atoms with Crippen molar-refractivity contribution in [2.45, 2.75) is 12.8 Å². The minimum atomic E-state index is -0.961. The van der Waals surface area contributed by atoms with Crippen LogP contribution in [0, 0.1) is 0 Å². The zero-order chi connectivity index (χ0) is 9.68. The van der Waals surface area contributed by atoms with Crippen molar-refractivity contribution in [3.63, 3.8) is 0 Å². The first-order chi connectivity index (χ1) is 6.20. The topological polar surface area (TPSA) is 67.3 Å². The SMILES string of the molecule is Cl.O=C(O)CCC(=O)c1cccnc1. The molecule has 0 aliphatic rings. The van der Waals surface area contributed by atoms with Crippen molar-refractivity contribution < 1.29 is 14.7 Å². The van der Waals surface area contributed by atoms with Crippen LogP contribution < -0.4 is 0 Å². The van der Waals surface area contributed by atoms with Crippen LogP contribution >= 0.6 is 12.4 Å². The number of hydrogen-bond acceptors (Lipinski definition) is 3. The van der Waals surface area contributed by atoms with E-state index >= 15 is 0 Å². The molecule has 0 fully saturated rings. The molecule has 5 heteroatoms. The lowest BCUT2D eigenvalue weighted by molar-refractivity contribution is -0.136. The zero-order valence-electron chi connectivity index (χ0n) is 7.34. The van der Waals surface area contributed by atoms with Crippen molar-refractivity contribution in [1.82, 2.24) is 4.98 Å². The fourth-order valence-electron chi connectivity index (χ4n) is 0.893. The van der Waals surface area contributed by atoms with Crippen LogP contribution in [0.4, 0.5) is 0 Å². The number of carboxylic acids is 1. The lowest BCUT2D eigenvalue weighted by Gasteiger charge is -1.96. The molecule has 0 saturated carbocycles. The molecule has 0 aliphatic carbocycles. The van der Waals surface area contributed by atoms with Crippen molar-refractivity contribution in [2.24, 2.45) is 0 Å². The second kappa shape index (κ2) is 6.10. The van der Waals surface area contributed by atoms with Gasteiger partial charge in [-0.25, -0.2) is 0 Å². The van der Waals surface area contributed by atoms with Gasteiger partial charge in [0.15, 0.2) is 5.78 Å². The van der Waals surface area contributed by atoms with Crippen LogP contribution in [0.15, 0.2) is 24.5 Å². The normalized spacial score (nSPS) is 8.86. The summed E-state index contributed by atoms with van der Waals surface area (Å²) in [5.41, 5.74) is 0.462. The van der Waals surface area contributed by atoms with E-state index in [0.717, 1.165) is 0 Å². The molecule has 4 nitrogen and oxygen atoms in total. The van der Waals surface area contributed by atoms with Gasteiger partial charge in [0.25, 0.3) is 0 Å². The molecule has 1 heterocycles. The fourth-order valence-corrected chi connectivity index (χ4v) is 0.893. The summed E-state index contributed by atoms with van der Waals surface area (Å²) in [4.78, 5) is 25.2. The van der Waals surface area contributed by atoms with Crippen molar-refractivity contribution in [1.29, 1.82) is 0 Å². The highest BCUT2D eigenvalue weighted by molar-refractivity contribution is 5.97. The molecule has 0 saturated heterocycles. The van der Waals surface area contributed by atoms with Crippen molar-refractivity contribution in [3.05, 3.63) is 30.1 Å². The molecule has 1 aromatic rings. The highest BCUT2D eigenvalue weighted by Gasteiger charge is 2.07. The highest BCUT2D eigenvalue weighted by atomic mass is 35.5. The Hall–Kier alpha value is -1.42. The lowest BCUT2D eigenvalue weighted by atomic mass is 10.1. The third-order valence-electron chi connectivity index (χ3n) is 1.55. The minimum Gasteiger partial charge on any atom is -0.481 e. The Labute approximate surface area is 87.4 Å². The minimum absolute atomic E-state index is 0. The average Bonchev–Trinajstić information content (AvgIpc) is 2.15. The van der Waals surface area contributed by atoms with Gasteiger partial charge in [-0.05, 0) is 12.1 Å². The van der Waals surface area contributed by atoms with E-state index in [1.165, 1.54) is 6.20 Å². The van der Waals surface area contributed by atoms with E-state index in [1.54, 1.807) is 18.3 Å². The number of ketones is 1. The zero-order valence-corrected chi connectivity index (χ0v) is 8.16. The Kier molecular flexibility index (Phi) is 5.48. The summed E-state index contributed by atoms with van der Waals surface area (Å²) in [6.07, 6.45) is 2.90. The molecule has 1 aromatic heterocycles. The molecule has 0 radical (unpaired) electrons. The average molecular weight is 216 g/mol. The Morgan fingerprint density at radius 3 is 2.57 bits per heavy atom. The molecule has 14 heavy (non-hydrogen) atoms. The quantitative estimate of drug-likeness (QED) is 0.774. The van der Waals surface area contributed by atoms with Crippen LogP contribution in [-0.4, -0.2) is 21.8 Å². The molecule has 1 N–H and O–H groups in total. The van der Waals surface area contributed by atoms with Gasteiger partial charge in [0.1, 0.15) is 0 Å². The Morgan fingerprint density at radius 2 is 2.07 bits per heavy atom. The van der Waals surface area contributed by atoms with Crippen LogP contribution in [0.5, 0.6) is 0 Å². The fraction of sp³-hybridized carbons (Fsp3) is 0.222. The molecule has 0 unspecified atom stereocenters. The molecule has 1 rings (SSSR count). The summed E-state index contributed by atoms with van der Waals surface area (Å²) in [6, 6.07) is 3.27. The monoisotopic (exact) mass is 215 g/mol. The molecule has 0 aromatic carbocycles. The Balaban J connectivity index is 0.00000169. The summed E-state index contributed by atoms with van der Waals surface area (Å²) in [7, 11) is 0. The van der Waals surface area contributed by atoms with Crippen LogP contribution in [-0.2, 0) is 4.79 Å². The predicted octanol–water partition coefficient (Wildman–Crippen LogP) is 1.55. The van der Waals surface area contributed by atoms with Gasteiger partial charge >= 0.3 is 5.97 Å². The van der Waals surface area contributed by atoms with E-state index in [4.69, 9.17) is 5.11 Å². The second-order valence-corrected chi connectivity index (χ2v) is 2.56. The first-order valence-corrected chi connectivity index (χ1v) is 3.85. The molecule has 76 valence electrons. The number of hydrogen-bond donors (Lipinski definition) is 1. The van der Waals surface area contributed by atoms with Crippen molar-refractivity contribution in [2.75, 3.05) is 0 Å². The van der Waals surface area contributed by atoms with Crippen LogP contribution in [0.1, 0.15) is 23.2 Å². The number of halogens is 1. The second-order valence-electron chi connectivity index (χ2n) is 2.56. The molecule has 0 aliphatic heterocycles. The van der Waals surface area contributed by atoms with Crippen LogP contribution in [0.3, 0.4) is 0 Å². The van der Waals surface area contributed by atoms with Crippen molar-refractivity contribution >= 4 is 24.2 Å². The number of carbonyl (C=O) groups excluding carboxylic acids is 1. The van der Waals surface area contributed by atoms with E-state index in [2.05, 4.69) is 4.98 Å². The number of carbonyl (C=O) groups is 2. The summed E-state index contributed by atoms with van der Waals surface area (Å²) >= 11 is 0. The number of carboxylic acid groups (broad SMARTS) is 1. The van der Waals surface area contributed by atoms with Crippen molar-refractivity contribution in [3.8, 4) is 0 Å². The Morgan fingerprint density at radius 1 is 1.36 bits per heavy atom. The smallest absolute Gasteiger partial charge is 0.303 e. The maximum atomic E-state index is 11.2. The van der Waals surface area contributed by atoms with E-state index in [1.807, 2.05) is 0 Å². The van der Waals surface area contributed by atoms with Gasteiger partial charge in [-0.15, -0.1) is 12.4 Å². The summed E-state index contributed by atoms with van der Waals surface area (Å²) in [5, 5.41) is 8.34. The first kappa shape index (κ1) is 12.6. The number of Topliss-reactive ketones (excluding diaryl/α,β-unsaturated/α-hetero) is 1. The maximum Gasteiger partial charge on any atom is 0.303 e. The van der Waals surface area contributed by atoms with Gasteiger partial charge in [-0.3, -0.25) is 14.6 Å². The molecular formula is C9H10ClNO3. The van der Waals surface area contributed by atoms with Gasteiger partial charge in [-0.1, -0.05) is 0 Å². The molecule has 0 atom stereocenters. The van der Waals surface area contributed by atoms with Gasteiger partial charge in [0, 0.05) is 24.4 Å². The standard InChI is InChI=1S/C9H9NO3.ClH/c11-8(3-4-9(12)13)7-2-1-5-10-6-7;/h1-2,5-6H,3-4H2,(H,12,13);1H. The summed E-state index contributed by atoms with van der Waals surface area (Å²) < 4.78 is 0. The van der Waals surface area contributed by atoms with E-state index in [0.29, 0.717) is 5.56 Å². The predicted molar refractivity (Wildman–Crippen MR) is 52.7 cm³/mol. The summed E-state index contributed by atoms with van der Waals surface area (Å²) in [6.45, 7) is 0. The molecular weight excluding hydrogens is 206 g/mol. The molecule has 0 amide bonds. The van der Waals surface area contributed by atoms with E-state index in [-0.39, 0.29) is 31.0 Å². The number of pyridine rings is 1. The van der Waals surface area contributed by atoms with Crippen LogP contribution in [0.25, 0.3) is 0 Å². The first-order valence-electron chi connectivity index (χ1n) is 3.85. The number of aromatic nitrogens is 1. The number of nitrogens with zero attached hydrogens (tertiary/aromatic N) is 1. The lowest BCUT2D eigenvalue weighted by Crippen LogP contribution is -2.03. The van der Waals surface area contributed by atoms with Gasteiger partial charge in [0.2, 0.25) is 0 Å². The number of rotatable bonds is 4. The van der Waals surface area contributed by atoms with Gasteiger partial charge < -0.3 is 5.11 Å². The third-order valence-corrected chi connectivity index (χ3v) is 1.55. The van der Waals surface area contributed by atoms with E-state index in [9.17, 15) is 9.59 Å². The highest BCUT2D eigenvalue weighted by Crippen LogP contribution is 2.02. The van der Waals surface area contributed by atoms with Gasteiger partial charge in [-0.2, -0.15) is 0 Å². The molecule has 0 spiro atoms. The maximum absolute atomic E-state index is 11.2. The van der Waals surface area contributed by atoms with Crippen LogP contribution in [0.2, 0.25) is 0 Å². The molecule has 0 bridgehead atoms. The Bertz CT molecular complexity index is 313.